The van der Waals surface area contributed by atoms with Gasteiger partial charge in [-0.1, -0.05) is 15.9 Å². The number of rotatable bonds is 5. The molecule has 0 saturated heterocycles. The van der Waals surface area contributed by atoms with Crippen LogP contribution in [-0.2, 0) is 4.74 Å². The summed E-state index contributed by atoms with van der Waals surface area (Å²) in [5.41, 5.74) is 1.52. The first-order valence-electron chi connectivity index (χ1n) is 5.43. The fourth-order valence-electron chi connectivity index (χ4n) is 1.71. The number of hydrogen-bond acceptors (Lipinski definition) is 3. The number of aryl methyl sites for hydroxylation is 2. The summed E-state index contributed by atoms with van der Waals surface area (Å²) in [6.07, 6.45) is 0. The molecule has 0 radical (unpaired) electrons. The Labute approximate surface area is 110 Å². The number of ether oxygens (including phenoxy) is 1. The maximum absolute atomic E-state index is 12.1. The molecule has 0 aromatic carbocycles. The van der Waals surface area contributed by atoms with Crippen LogP contribution in [-0.4, -0.2) is 31.0 Å². The number of halogens is 1. The van der Waals surface area contributed by atoms with E-state index in [2.05, 4.69) is 21.2 Å². The lowest BCUT2D eigenvalue weighted by atomic mass is 10.1. The van der Waals surface area contributed by atoms with E-state index in [9.17, 15) is 4.79 Å². The average Bonchev–Trinajstić information content (AvgIpc) is 2.52. The van der Waals surface area contributed by atoms with Crippen LogP contribution in [0.25, 0.3) is 0 Å². The fraction of sp³-hybridized carbons (Fsp3) is 0.583. The third-order valence-corrected chi connectivity index (χ3v) is 3.46. The predicted octanol–water partition coefficient (Wildman–Crippen LogP) is 2.34. The number of furan rings is 1. The average molecular weight is 304 g/mol. The predicted molar refractivity (Wildman–Crippen MR) is 69.8 cm³/mol. The van der Waals surface area contributed by atoms with Crippen LogP contribution in [0.15, 0.2) is 4.42 Å². The molecule has 1 amide bonds. The highest BCUT2D eigenvalue weighted by atomic mass is 79.9. The van der Waals surface area contributed by atoms with Gasteiger partial charge in [0.15, 0.2) is 0 Å². The molecule has 0 aliphatic carbocycles. The SMILES string of the molecule is COCC(CBr)NC(=O)c1c(C)oc(C)c1C. The van der Waals surface area contributed by atoms with Gasteiger partial charge in [0.2, 0.25) is 0 Å². The molecule has 1 atom stereocenters. The molecule has 0 aliphatic heterocycles. The number of methoxy groups -OCH3 is 1. The lowest BCUT2D eigenvalue weighted by Crippen LogP contribution is -2.39. The molecule has 1 aromatic heterocycles. The zero-order valence-corrected chi connectivity index (χ0v) is 12.2. The minimum absolute atomic E-state index is 0.0403. The molecular weight excluding hydrogens is 286 g/mol. The molecule has 0 spiro atoms. The minimum Gasteiger partial charge on any atom is -0.466 e. The molecule has 0 bridgehead atoms. The maximum atomic E-state index is 12.1. The first-order chi connectivity index (χ1) is 8.01. The normalized spacial score (nSPS) is 12.5. The summed E-state index contributed by atoms with van der Waals surface area (Å²) in [5, 5.41) is 3.56. The molecule has 0 fully saturated rings. The second-order valence-corrected chi connectivity index (χ2v) is 4.64. The van der Waals surface area contributed by atoms with Gasteiger partial charge in [0.25, 0.3) is 5.91 Å². The van der Waals surface area contributed by atoms with Crippen LogP contribution in [0, 0.1) is 20.8 Å². The van der Waals surface area contributed by atoms with Crippen molar-refractivity contribution in [3.63, 3.8) is 0 Å². The van der Waals surface area contributed by atoms with E-state index < -0.39 is 0 Å². The zero-order valence-electron chi connectivity index (χ0n) is 10.6. The lowest BCUT2D eigenvalue weighted by Gasteiger charge is -2.15. The van der Waals surface area contributed by atoms with Gasteiger partial charge in [-0.15, -0.1) is 0 Å². The van der Waals surface area contributed by atoms with E-state index in [1.807, 2.05) is 13.8 Å². The van der Waals surface area contributed by atoms with Crippen LogP contribution in [0.3, 0.4) is 0 Å². The molecule has 1 heterocycles. The quantitative estimate of drug-likeness (QED) is 0.850. The third-order valence-electron chi connectivity index (χ3n) is 2.68. The van der Waals surface area contributed by atoms with Crippen LogP contribution in [0.4, 0.5) is 0 Å². The van der Waals surface area contributed by atoms with Crippen molar-refractivity contribution in [1.29, 1.82) is 0 Å². The van der Waals surface area contributed by atoms with Gasteiger partial charge in [0.05, 0.1) is 18.2 Å². The van der Waals surface area contributed by atoms with Gasteiger partial charge in [-0.05, 0) is 20.8 Å². The van der Waals surface area contributed by atoms with Crippen molar-refractivity contribution in [3.05, 3.63) is 22.6 Å². The molecule has 5 heteroatoms. The Hall–Kier alpha value is -0.810. The highest BCUT2D eigenvalue weighted by Crippen LogP contribution is 2.20. The van der Waals surface area contributed by atoms with E-state index in [1.165, 1.54) is 0 Å². The van der Waals surface area contributed by atoms with E-state index in [-0.39, 0.29) is 11.9 Å². The molecule has 1 unspecified atom stereocenters. The summed E-state index contributed by atoms with van der Waals surface area (Å²) in [5.74, 6) is 1.33. The zero-order chi connectivity index (χ0) is 13.0. The topological polar surface area (TPSA) is 51.5 Å². The van der Waals surface area contributed by atoms with Gasteiger partial charge < -0.3 is 14.5 Å². The number of alkyl halides is 1. The Morgan fingerprint density at radius 2 is 2.06 bits per heavy atom. The molecule has 0 saturated carbocycles. The number of carbonyl (C=O) groups excluding carboxylic acids is 1. The molecule has 1 rings (SSSR count). The van der Waals surface area contributed by atoms with Gasteiger partial charge in [0, 0.05) is 18.0 Å². The highest BCUT2D eigenvalue weighted by molar-refractivity contribution is 9.09. The summed E-state index contributed by atoms with van der Waals surface area (Å²) in [6, 6.07) is -0.0403. The van der Waals surface area contributed by atoms with E-state index in [0.29, 0.717) is 23.3 Å². The van der Waals surface area contributed by atoms with Crippen molar-refractivity contribution in [1.82, 2.24) is 5.32 Å². The summed E-state index contributed by atoms with van der Waals surface area (Å²) in [6.45, 7) is 6.02. The second kappa shape index (κ2) is 6.21. The molecule has 1 N–H and O–H groups in total. The Kier molecular flexibility index (Phi) is 5.21. The van der Waals surface area contributed by atoms with Gasteiger partial charge in [0.1, 0.15) is 11.5 Å². The molecule has 4 nitrogen and oxygen atoms in total. The van der Waals surface area contributed by atoms with E-state index >= 15 is 0 Å². The van der Waals surface area contributed by atoms with Gasteiger partial charge in [-0.3, -0.25) is 4.79 Å². The Morgan fingerprint density at radius 3 is 2.47 bits per heavy atom. The van der Waals surface area contributed by atoms with Gasteiger partial charge in [-0.25, -0.2) is 0 Å². The Morgan fingerprint density at radius 1 is 1.41 bits per heavy atom. The molecule has 0 aliphatic rings. The fourth-order valence-corrected chi connectivity index (χ4v) is 2.06. The van der Waals surface area contributed by atoms with Crippen molar-refractivity contribution in [2.75, 3.05) is 19.0 Å². The van der Waals surface area contributed by atoms with Crippen LogP contribution in [0.2, 0.25) is 0 Å². The molecule has 17 heavy (non-hydrogen) atoms. The van der Waals surface area contributed by atoms with Crippen LogP contribution in [0.1, 0.15) is 27.4 Å². The summed E-state index contributed by atoms with van der Waals surface area (Å²) in [4.78, 5) is 12.1. The molecular formula is C12H18BrNO3. The number of amides is 1. The van der Waals surface area contributed by atoms with E-state index in [0.717, 1.165) is 11.3 Å². The van der Waals surface area contributed by atoms with E-state index in [1.54, 1.807) is 14.0 Å². The Balaban J connectivity index is 2.82. The van der Waals surface area contributed by atoms with Crippen molar-refractivity contribution in [2.45, 2.75) is 26.8 Å². The van der Waals surface area contributed by atoms with Crippen LogP contribution >= 0.6 is 15.9 Å². The number of carbonyl (C=O) groups is 1. The summed E-state index contributed by atoms with van der Waals surface area (Å²) in [7, 11) is 1.61. The standard InChI is InChI=1S/C12H18BrNO3/c1-7-8(2)17-9(3)11(7)12(15)14-10(5-13)6-16-4/h10H,5-6H2,1-4H3,(H,14,15). The number of nitrogens with one attached hydrogen (secondary N) is 1. The Bertz CT molecular complexity index is 401. The summed E-state index contributed by atoms with van der Waals surface area (Å²) >= 11 is 3.34. The largest absolute Gasteiger partial charge is 0.466 e. The van der Waals surface area contributed by atoms with Gasteiger partial charge in [-0.2, -0.15) is 0 Å². The second-order valence-electron chi connectivity index (χ2n) is 3.99. The highest BCUT2D eigenvalue weighted by Gasteiger charge is 2.20. The van der Waals surface area contributed by atoms with Crippen molar-refractivity contribution in [2.24, 2.45) is 0 Å². The third kappa shape index (κ3) is 3.33. The minimum atomic E-state index is -0.113. The van der Waals surface area contributed by atoms with Crippen molar-refractivity contribution in [3.8, 4) is 0 Å². The maximum Gasteiger partial charge on any atom is 0.255 e. The van der Waals surface area contributed by atoms with Crippen molar-refractivity contribution >= 4 is 21.8 Å². The van der Waals surface area contributed by atoms with Crippen molar-refractivity contribution < 1.29 is 13.9 Å². The lowest BCUT2D eigenvalue weighted by molar-refractivity contribution is 0.0906. The summed E-state index contributed by atoms with van der Waals surface area (Å²) < 4.78 is 10.5. The van der Waals surface area contributed by atoms with Gasteiger partial charge >= 0.3 is 0 Å². The smallest absolute Gasteiger partial charge is 0.255 e. The first kappa shape index (κ1) is 14.3. The molecule has 96 valence electrons. The monoisotopic (exact) mass is 303 g/mol. The number of hydrogen-bond donors (Lipinski definition) is 1. The van der Waals surface area contributed by atoms with Crippen LogP contribution < -0.4 is 5.32 Å². The van der Waals surface area contributed by atoms with Crippen LogP contribution in [0.5, 0.6) is 0 Å². The molecule has 1 aromatic rings. The van der Waals surface area contributed by atoms with E-state index in [4.69, 9.17) is 9.15 Å². The first-order valence-corrected chi connectivity index (χ1v) is 6.55.